The first-order valence-corrected chi connectivity index (χ1v) is 7.34. The second-order valence-electron chi connectivity index (χ2n) is 4.53. The highest BCUT2D eigenvalue weighted by atomic mass is 35.5. The summed E-state index contributed by atoms with van der Waals surface area (Å²) in [5.74, 6) is 0.815. The molecule has 1 aliphatic rings. The molecule has 0 radical (unpaired) electrons. The lowest BCUT2D eigenvalue weighted by molar-refractivity contribution is 0.482. The lowest BCUT2D eigenvalue weighted by atomic mass is 9.99. The van der Waals surface area contributed by atoms with E-state index in [1.54, 1.807) is 0 Å². The Balaban J connectivity index is 1.64. The van der Waals surface area contributed by atoms with Crippen molar-refractivity contribution >= 4 is 22.9 Å². The number of aryl methyl sites for hydroxylation is 1. The van der Waals surface area contributed by atoms with Gasteiger partial charge in [-0.15, -0.1) is 22.9 Å². The number of rotatable bonds is 5. The van der Waals surface area contributed by atoms with Gasteiger partial charge in [0.2, 0.25) is 0 Å². The molecule has 1 atom stereocenters. The quantitative estimate of drug-likeness (QED) is 0.647. The summed E-state index contributed by atoms with van der Waals surface area (Å²) in [6.07, 6.45) is 9.21. The number of alkyl halides is 1. The Morgan fingerprint density at radius 2 is 2.20 bits per heavy atom. The van der Waals surface area contributed by atoms with Crippen LogP contribution >= 0.6 is 22.9 Å². The van der Waals surface area contributed by atoms with Crippen molar-refractivity contribution in [3.05, 3.63) is 22.4 Å². The van der Waals surface area contributed by atoms with Gasteiger partial charge in [0, 0.05) is 10.3 Å². The molecule has 0 aliphatic heterocycles. The van der Waals surface area contributed by atoms with Crippen molar-refractivity contribution in [2.45, 2.75) is 50.3 Å². The van der Waals surface area contributed by atoms with Gasteiger partial charge in [-0.05, 0) is 49.5 Å². The Labute approximate surface area is 102 Å². The van der Waals surface area contributed by atoms with Crippen LogP contribution in [0.3, 0.4) is 0 Å². The van der Waals surface area contributed by atoms with Gasteiger partial charge in [-0.25, -0.2) is 0 Å². The molecule has 0 aromatic carbocycles. The molecule has 1 unspecified atom stereocenters. The monoisotopic (exact) mass is 242 g/mol. The number of thiophene rings is 1. The van der Waals surface area contributed by atoms with E-state index in [9.17, 15) is 0 Å². The first-order valence-electron chi connectivity index (χ1n) is 6.03. The largest absolute Gasteiger partial charge is 0.149 e. The van der Waals surface area contributed by atoms with Gasteiger partial charge in [-0.3, -0.25) is 0 Å². The van der Waals surface area contributed by atoms with Crippen LogP contribution in [0.2, 0.25) is 0 Å². The lowest BCUT2D eigenvalue weighted by Gasteiger charge is -2.15. The minimum atomic E-state index is 0.437. The standard InChI is InChI=1S/C13H19ClS/c14-13(11-5-1-2-6-11)9-3-7-12-8-4-10-15-12/h4,8,10-11,13H,1-3,5-7,9H2. The van der Waals surface area contributed by atoms with Crippen LogP contribution in [-0.2, 0) is 6.42 Å². The van der Waals surface area contributed by atoms with Crippen molar-refractivity contribution in [1.82, 2.24) is 0 Å². The summed E-state index contributed by atoms with van der Waals surface area (Å²) in [5, 5.41) is 2.59. The molecular weight excluding hydrogens is 224 g/mol. The molecule has 1 aromatic heterocycles. The zero-order valence-corrected chi connectivity index (χ0v) is 10.7. The van der Waals surface area contributed by atoms with Gasteiger partial charge < -0.3 is 0 Å². The highest BCUT2D eigenvalue weighted by Crippen LogP contribution is 2.32. The first kappa shape index (κ1) is 11.5. The van der Waals surface area contributed by atoms with Crippen molar-refractivity contribution in [3.63, 3.8) is 0 Å². The van der Waals surface area contributed by atoms with Gasteiger partial charge in [0.25, 0.3) is 0 Å². The second-order valence-corrected chi connectivity index (χ2v) is 6.12. The molecule has 2 heteroatoms. The van der Waals surface area contributed by atoms with Crippen LogP contribution < -0.4 is 0 Å². The predicted molar refractivity (Wildman–Crippen MR) is 68.9 cm³/mol. The normalized spacial score (nSPS) is 19.5. The van der Waals surface area contributed by atoms with E-state index >= 15 is 0 Å². The van der Waals surface area contributed by atoms with Crippen LogP contribution in [0.5, 0.6) is 0 Å². The average molecular weight is 243 g/mol. The fraction of sp³-hybridized carbons (Fsp3) is 0.692. The molecule has 0 bridgehead atoms. The van der Waals surface area contributed by atoms with Crippen molar-refractivity contribution in [3.8, 4) is 0 Å². The van der Waals surface area contributed by atoms with Gasteiger partial charge in [-0.2, -0.15) is 0 Å². The molecule has 0 amide bonds. The molecule has 1 aliphatic carbocycles. The van der Waals surface area contributed by atoms with E-state index in [0.717, 1.165) is 5.92 Å². The van der Waals surface area contributed by atoms with Gasteiger partial charge in [-0.1, -0.05) is 18.9 Å². The van der Waals surface area contributed by atoms with Crippen LogP contribution in [0, 0.1) is 5.92 Å². The van der Waals surface area contributed by atoms with Crippen LogP contribution in [0.4, 0.5) is 0 Å². The first-order chi connectivity index (χ1) is 7.36. The maximum atomic E-state index is 6.43. The zero-order chi connectivity index (χ0) is 10.5. The minimum absolute atomic E-state index is 0.437. The molecule has 1 fully saturated rings. The summed E-state index contributed by atoms with van der Waals surface area (Å²) in [6.45, 7) is 0. The molecule has 1 aromatic rings. The molecule has 15 heavy (non-hydrogen) atoms. The summed E-state index contributed by atoms with van der Waals surface area (Å²) in [4.78, 5) is 1.50. The van der Waals surface area contributed by atoms with E-state index in [1.807, 2.05) is 11.3 Å². The Morgan fingerprint density at radius 1 is 1.40 bits per heavy atom. The minimum Gasteiger partial charge on any atom is -0.149 e. The summed E-state index contributed by atoms with van der Waals surface area (Å²) >= 11 is 8.29. The third kappa shape index (κ3) is 3.49. The maximum absolute atomic E-state index is 6.43. The van der Waals surface area contributed by atoms with Crippen molar-refractivity contribution in [2.75, 3.05) is 0 Å². The van der Waals surface area contributed by atoms with Gasteiger partial charge in [0.1, 0.15) is 0 Å². The number of hydrogen-bond donors (Lipinski definition) is 0. The van der Waals surface area contributed by atoms with E-state index < -0.39 is 0 Å². The summed E-state index contributed by atoms with van der Waals surface area (Å²) in [6, 6.07) is 4.36. The molecule has 1 heterocycles. The number of halogens is 1. The van der Waals surface area contributed by atoms with Crippen LogP contribution in [0.1, 0.15) is 43.4 Å². The maximum Gasteiger partial charge on any atom is 0.0364 e. The summed E-state index contributed by atoms with van der Waals surface area (Å²) in [7, 11) is 0. The van der Waals surface area contributed by atoms with E-state index in [-0.39, 0.29) is 0 Å². The SMILES string of the molecule is ClC(CCCc1cccs1)C1CCCC1. The molecule has 0 saturated heterocycles. The Hall–Kier alpha value is -0.0100. The Morgan fingerprint density at radius 3 is 2.87 bits per heavy atom. The van der Waals surface area contributed by atoms with Crippen LogP contribution in [0.15, 0.2) is 17.5 Å². The third-order valence-electron chi connectivity index (χ3n) is 3.39. The predicted octanol–water partition coefficient (Wildman–Crippen LogP) is 4.87. The van der Waals surface area contributed by atoms with E-state index in [0.29, 0.717) is 5.38 Å². The smallest absolute Gasteiger partial charge is 0.0364 e. The lowest BCUT2D eigenvalue weighted by Crippen LogP contribution is -2.11. The number of hydrogen-bond acceptors (Lipinski definition) is 1. The molecule has 0 N–H and O–H groups in total. The van der Waals surface area contributed by atoms with Gasteiger partial charge in [0.15, 0.2) is 0 Å². The van der Waals surface area contributed by atoms with Gasteiger partial charge in [0.05, 0.1) is 0 Å². The Bertz CT molecular complexity index is 262. The van der Waals surface area contributed by atoms with Crippen molar-refractivity contribution in [2.24, 2.45) is 5.92 Å². The summed E-state index contributed by atoms with van der Waals surface area (Å²) < 4.78 is 0. The zero-order valence-electron chi connectivity index (χ0n) is 9.12. The summed E-state index contributed by atoms with van der Waals surface area (Å²) in [5.41, 5.74) is 0. The molecule has 0 nitrogen and oxygen atoms in total. The van der Waals surface area contributed by atoms with E-state index in [1.165, 1.54) is 49.8 Å². The van der Waals surface area contributed by atoms with Crippen molar-refractivity contribution in [1.29, 1.82) is 0 Å². The van der Waals surface area contributed by atoms with E-state index in [2.05, 4.69) is 17.5 Å². The topological polar surface area (TPSA) is 0 Å². The van der Waals surface area contributed by atoms with Crippen molar-refractivity contribution < 1.29 is 0 Å². The molecule has 1 saturated carbocycles. The fourth-order valence-corrected chi connectivity index (χ4v) is 3.64. The third-order valence-corrected chi connectivity index (χ3v) is 4.91. The van der Waals surface area contributed by atoms with Crippen LogP contribution in [0.25, 0.3) is 0 Å². The molecule has 0 spiro atoms. The van der Waals surface area contributed by atoms with Crippen LogP contribution in [-0.4, -0.2) is 5.38 Å². The van der Waals surface area contributed by atoms with Gasteiger partial charge >= 0.3 is 0 Å². The van der Waals surface area contributed by atoms with E-state index in [4.69, 9.17) is 11.6 Å². The average Bonchev–Trinajstić information content (AvgIpc) is 2.90. The second kappa shape index (κ2) is 5.91. The molecule has 84 valence electrons. The highest BCUT2D eigenvalue weighted by molar-refractivity contribution is 7.09. The fourth-order valence-electron chi connectivity index (χ4n) is 2.48. The highest BCUT2D eigenvalue weighted by Gasteiger charge is 2.22. The Kier molecular flexibility index (Phi) is 4.52. The molecular formula is C13H19ClS. The molecule has 2 rings (SSSR count).